The fourth-order valence-electron chi connectivity index (χ4n) is 2.49. The first kappa shape index (κ1) is 20.2. The third-order valence-corrected chi connectivity index (χ3v) is 5.13. The Morgan fingerprint density at radius 2 is 1.89 bits per heavy atom. The molecule has 6 nitrogen and oxygen atoms in total. The Morgan fingerprint density at radius 1 is 1.18 bits per heavy atom. The lowest BCUT2D eigenvalue weighted by atomic mass is 10.2. The number of thioether (sulfide) groups is 1. The number of nitrogens with zero attached hydrogens (tertiary/aromatic N) is 3. The second kappa shape index (κ2) is 9.61. The summed E-state index contributed by atoms with van der Waals surface area (Å²) < 4.78 is 11.1. The second-order valence-corrected chi connectivity index (χ2v) is 7.82. The van der Waals surface area contributed by atoms with Crippen LogP contribution in [-0.2, 0) is 17.9 Å². The number of para-hydroxylation sites is 1. The smallest absolute Gasteiger partial charge is 0.277 e. The van der Waals surface area contributed by atoms with E-state index < -0.39 is 0 Å². The van der Waals surface area contributed by atoms with Crippen LogP contribution in [0.1, 0.15) is 18.4 Å². The van der Waals surface area contributed by atoms with Crippen molar-refractivity contribution in [1.29, 1.82) is 0 Å². The number of amides is 1. The maximum absolute atomic E-state index is 12.6. The predicted octanol–water partition coefficient (Wildman–Crippen LogP) is 4.44. The highest BCUT2D eigenvalue weighted by atomic mass is 35.5. The van der Waals surface area contributed by atoms with E-state index in [1.165, 1.54) is 11.8 Å². The first-order valence-corrected chi connectivity index (χ1v) is 9.94. The molecule has 0 N–H and O–H groups in total. The number of halogens is 1. The van der Waals surface area contributed by atoms with Crippen LogP contribution in [0.15, 0.2) is 64.2 Å². The number of ether oxygens (including phenoxy) is 1. The van der Waals surface area contributed by atoms with Gasteiger partial charge in [-0.25, -0.2) is 0 Å². The molecule has 1 amide bonds. The largest absolute Gasteiger partial charge is 0.482 e. The van der Waals surface area contributed by atoms with Gasteiger partial charge in [0.05, 0.1) is 10.3 Å². The lowest BCUT2D eigenvalue weighted by molar-refractivity contribution is -0.129. The second-order valence-electron chi connectivity index (χ2n) is 6.12. The number of carbonyl (C=O) groups excluding carboxylic acids is 1. The first-order chi connectivity index (χ1) is 13.5. The number of benzene rings is 2. The highest BCUT2D eigenvalue weighted by Gasteiger charge is 2.21. The van der Waals surface area contributed by atoms with Gasteiger partial charge in [0.15, 0.2) is 6.61 Å². The standard InChI is InChI=1S/C20H20ClN3O3S/c1-14(19(25)24(2)12-15-8-4-3-5-9-15)28-20-23-22-18(27-20)13-26-17-11-7-6-10-16(17)21/h3-11,14H,12-13H2,1-2H3. The summed E-state index contributed by atoms with van der Waals surface area (Å²) >= 11 is 7.27. The molecule has 0 saturated heterocycles. The summed E-state index contributed by atoms with van der Waals surface area (Å²) in [5.41, 5.74) is 1.08. The van der Waals surface area contributed by atoms with Crippen molar-refractivity contribution in [3.63, 3.8) is 0 Å². The van der Waals surface area contributed by atoms with Crippen molar-refractivity contribution in [2.75, 3.05) is 7.05 Å². The topological polar surface area (TPSA) is 68.5 Å². The van der Waals surface area contributed by atoms with Gasteiger partial charge in [-0.3, -0.25) is 4.79 Å². The van der Waals surface area contributed by atoms with Crippen LogP contribution in [0.3, 0.4) is 0 Å². The summed E-state index contributed by atoms with van der Waals surface area (Å²) in [4.78, 5) is 14.3. The Balaban J connectivity index is 1.52. The zero-order chi connectivity index (χ0) is 19.9. The van der Waals surface area contributed by atoms with Gasteiger partial charge in [-0.2, -0.15) is 0 Å². The van der Waals surface area contributed by atoms with E-state index in [1.807, 2.05) is 49.4 Å². The van der Waals surface area contributed by atoms with E-state index in [-0.39, 0.29) is 17.8 Å². The van der Waals surface area contributed by atoms with Gasteiger partial charge in [0.25, 0.3) is 11.1 Å². The van der Waals surface area contributed by atoms with E-state index in [9.17, 15) is 4.79 Å². The third kappa shape index (κ3) is 5.50. The maximum Gasteiger partial charge on any atom is 0.277 e. The van der Waals surface area contributed by atoms with Crippen molar-refractivity contribution >= 4 is 29.3 Å². The van der Waals surface area contributed by atoms with Gasteiger partial charge >= 0.3 is 0 Å². The molecule has 2 aromatic carbocycles. The SMILES string of the molecule is CC(Sc1nnc(COc2ccccc2Cl)o1)C(=O)N(C)Cc1ccccc1. The van der Waals surface area contributed by atoms with E-state index >= 15 is 0 Å². The number of hydrogen-bond acceptors (Lipinski definition) is 6. The molecule has 0 saturated carbocycles. The van der Waals surface area contributed by atoms with Crippen LogP contribution in [0.2, 0.25) is 5.02 Å². The van der Waals surface area contributed by atoms with E-state index in [0.717, 1.165) is 5.56 Å². The number of carbonyl (C=O) groups is 1. The van der Waals surface area contributed by atoms with Gasteiger partial charge in [0.2, 0.25) is 5.91 Å². The van der Waals surface area contributed by atoms with E-state index in [0.29, 0.717) is 28.4 Å². The molecule has 0 aliphatic carbocycles. The van der Waals surface area contributed by atoms with E-state index in [2.05, 4.69) is 10.2 Å². The monoisotopic (exact) mass is 417 g/mol. The number of rotatable bonds is 8. The summed E-state index contributed by atoms with van der Waals surface area (Å²) in [6.07, 6.45) is 0. The fourth-order valence-corrected chi connectivity index (χ4v) is 3.50. The quantitative estimate of drug-likeness (QED) is 0.504. The van der Waals surface area contributed by atoms with Crippen LogP contribution in [0, 0.1) is 0 Å². The average Bonchev–Trinajstić information content (AvgIpc) is 3.14. The molecule has 146 valence electrons. The molecule has 0 fully saturated rings. The van der Waals surface area contributed by atoms with Crippen LogP contribution < -0.4 is 4.74 Å². The minimum atomic E-state index is -0.355. The molecule has 8 heteroatoms. The van der Waals surface area contributed by atoms with Crippen molar-refractivity contribution in [2.45, 2.75) is 30.5 Å². The summed E-state index contributed by atoms with van der Waals surface area (Å²) in [6.45, 7) is 2.47. The molecule has 1 heterocycles. The predicted molar refractivity (Wildman–Crippen MR) is 108 cm³/mol. The van der Waals surface area contributed by atoms with E-state index in [4.69, 9.17) is 20.8 Å². The normalized spacial score (nSPS) is 11.8. The fraction of sp³-hybridized carbons (Fsp3) is 0.250. The number of aromatic nitrogens is 2. The molecule has 3 aromatic rings. The van der Waals surface area contributed by atoms with Gasteiger partial charge in [-0.15, -0.1) is 10.2 Å². The summed E-state index contributed by atoms with van der Waals surface area (Å²) in [5, 5.41) is 8.42. The Labute approximate surface area is 172 Å². The lowest BCUT2D eigenvalue weighted by Gasteiger charge is -2.20. The van der Waals surface area contributed by atoms with E-state index in [1.54, 1.807) is 24.1 Å². The van der Waals surface area contributed by atoms with Crippen molar-refractivity contribution < 1.29 is 13.9 Å². The lowest BCUT2D eigenvalue weighted by Crippen LogP contribution is -2.32. The van der Waals surface area contributed by atoms with Gasteiger partial charge < -0.3 is 14.1 Å². The molecule has 3 rings (SSSR count). The minimum absolute atomic E-state index is 0.0130. The summed E-state index contributed by atoms with van der Waals surface area (Å²) in [7, 11) is 1.78. The van der Waals surface area contributed by atoms with Crippen molar-refractivity contribution in [3.05, 3.63) is 71.1 Å². The minimum Gasteiger partial charge on any atom is -0.482 e. The molecule has 1 unspecified atom stereocenters. The van der Waals surface area contributed by atoms with Gasteiger partial charge in [-0.05, 0) is 24.6 Å². The van der Waals surface area contributed by atoms with Crippen LogP contribution in [0.25, 0.3) is 0 Å². The molecular formula is C20H20ClN3O3S. The van der Waals surface area contributed by atoms with Crippen molar-refractivity contribution in [2.24, 2.45) is 0 Å². The number of hydrogen-bond donors (Lipinski definition) is 0. The Kier molecular flexibility index (Phi) is 6.95. The van der Waals surface area contributed by atoms with Crippen molar-refractivity contribution in [3.8, 4) is 5.75 Å². The summed E-state index contributed by atoms with van der Waals surface area (Å²) in [5.74, 6) is 0.850. The van der Waals surface area contributed by atoms with Crippen LogP contribution >= 0.6 is 23.4 Å². The van der Waals surface area contributed by atoms with Crippen LogP contribution in [0.4, 0.5) is 0 Å². The molecule has 1 aromatic heterocycles. The average molecular weight is 418 g/mol. The highest BCUT2D eigenvalue weighted by molar-refractivity contribution is 8.00. The molecular weight excluding hydrogens is 398 g/mol. The molecule has 0 spiro atoms. The van der Waals surface area contributed by atoms with Crippen LogP contribution in [0.5, 0.6) is 5.75 Å². The van der Waals surface area contributed by atoms with Gasteiger partial charge in [-0.1, -0.05) is 65.8 Å². The molecule has 1 atom stereocenters. The Morgan fingerprint density at radius 3 is 2.64 bits per heavy atom. The zero-order valence-electron chi connectivity index (χ0n) is 15.5. The molecule has 0 aliphatic rings. The highest BCUT2D eigenvalue weighted by Crippen LogP contribution is 2.26. The van der Waals surface area contributed by atoms with Crippen LogP contribution in [-0.4, -0.2) is 33.3 Å². The Hall–Kier alpha value is -2.51. The molecule has 28 heavy (non-hydrogen) atoms. The molecule has 0 bridgehead atoms. The summed E-state index contributed by atoms with van der Waals surface area (Å²) in [6, 6.07) is 17.0. The van der Waals surface area contributed by atoms with Gasteiger partial charge in [0, 0.05) is 13.6 Å². The Bertz CT molecular complexity index is 920. The molecule has 0 radical (unpaired) electrons. The maximum atomic E-state index is 12.6. The molecule has 0 aliphatic heterocycles. The first-order valence-electron chi connectivity index (χ1n) is 8.68. The van der Waals surface area contributed by atoms with Gasteiger partial charge in [0.1, 0.15) is 5.75 Å². The third-order valence-electron chi connectivity index (χ3n) is 3.90. The zero-order valence-corrected chi connectivity index (χ0v) is 17.1. The van der Waals surface area contributed by atoms with Crippen molar-refractivity contribution in [1.82, 2.24) is 15.1 Å².